The minimum Gasteiger partial charge on any atom is -0.309 e. The van der Waals surface area contributed by atoms with Crippen LogP contribution in [0, 0.1) is 20.8 Å². The van der Waals surface area contributed by atoms with E-state index < -0.39 is 0 Å². The maximum Gasteiger partial charge on any atom is 0.0723 e. The average Bonchev–Trinajstić information content (AvgIpc) is 3.17. The highest BCUT2D eigenvalue weighted by molar-refractivity contribution is 6.25. The Bertz CT molecular complexity index is 2730. The Morgan fingerprint density at radius 2 is 0.804 bits per heavy atom. The van der Waals surface area contributed by atoms with Gasteiger partial charge in [-0.25, -0.2) is 0 Å². The normalized spacial score (nSPS) is 11.4. The van der Waals surface area contributed by atoms with E-state index in [1.165, 1.54) is 32.8 Å². The number of aryl methyl sites for hydroxylation is 3. The lowest BCUT2D eigenvalue weighted by atomic mass is 9.91. The zero-order valence-corrected chi connectivity index (χ0v) is 28.9. The lowest BCUT2D eigenvalue weighted by Crippen LogP contribution is -2.15. The molecule has 0 radical (unpaired) electrons. The number of hydrogen-bond acceptors (Lipinski definition) is 4. The molecule has 0 saturated heterocycles. The third-order valence-electron chi connectivity index (χ3n) is 10.0. The summed E-state index contributed by atoms with van der Waals surface area (Å²) in [5, 5.41) is 6.88. The van der Waals surface area contributed by atoms with E-state index in [1.807, 2.05) is 12.4 Å². The molecular formula is C47H36N4. The third kappa shape index (κ3) is 5.15. The van der Waals surface area contributed by atoms with E-state index in [1.54, 1.807) is 0 Å². The molecule has 0 aliphatic carbocycles. The lowest BCUT2D eigenvalue weighted by molar-refractivity contribution is 1.28. The van der Waals surface area contributed by atoms with Gasteiger partial charge in [0.2, 0.25) is 0 Å². The van der Waals surface area contributed by atoms with Crippen molar-refractivity contribution in [3.8, 4) is 0 Å². The van der Waals surface area contributed by atoms with Crippen LogP contribution >= 0.6 is 0 Å². The molecule has 2 heterocycles. The van der Waals surface area contributed by atoms with Gasteiger partial charge in [0.25, 0.3) is 0 Å². The van der Waals surface area contributed by atoms with Crippen LogP contribution in [0.3, 0.4) is 0 Å². The molecule has 4 nitrogen and oxygen atoms in total. The summed E-state index contributed by atoms with van der Waals surface area (Å²) >= 11 is 0. The standard InChI is InChI=1S/C47H36N4/c1-31-22-23-36-39(28-31)47(51(35-16-8-5-9-17-35)45-25-27-49-43-21-13-11-19-38(43)45)41-30-33(3)32(2)29-40(41)46(36)50(34-14-6-4-7-15-34)44-24-26-48-42-20-12-10-18-37(42)44/h4-30H,1-3H3. The second-order valence-electron chi connectivity index (χ2n) is 13.3. The van der Waals surface area contributed by atoms with Gasteiger partial charge < -0.3 is 9.80 Å². The number of pyridine rings is 2. The summed E-state index contributed by atoms with van der Waals surface area (Å²) in [6, 6.07) is 54.3. The number of aromatic nitrogens is 2. The predicted octanol–water partition coefficient (Wildman–Crippen LogP) is 13.0. The molecule has 0 aliphatic rings. The highest BCUT2D eigenvalue weighted by Gasteiger charge is 2.27. The van der Waals surface area contributed by atoms with Crippen molar-refractivity contribution in [2.75, 3.05) is 9.80 Å². The summed E-state index contributed by atoms with van der Waals surface area (Å²) < 4.78 is 0. The maximum absolute atomic E-state index is 4.77. The van der Waals surface area contributed by atoms with E-state index >= 15 is 0 Å². The van der Waals surface area contributed by atoms with Gasteiger partial charge in [-0.3, -0.25) is 9.97 Å². The summed E-state index contributed by atoms with van der Waals surface area (Å²) in [5.41, 5.74) is 12.2. The Morgan fingerprint density at radius 3 is 1.31 bits per heavy atom. The summed E-state index contributed by atoms with van der Waals surface area (Å²) in [4.78, 5) is 14.4. The summed E-state index contributed by atoms with van der Waals surface area (Å²) in [5.74, 6) is 0. The molecule has 9 rings (SSSR count). The van der Waals surface area contributed by atoms with Gasteiger partial charge in [-0.15, -0.1) is 0 Å². The molecule has 0 aliphatic heterocycles. The molecule has 0 saturated carbocycles. The van der Waals surface area contributed by atoms with Gasteiger partial charge in [0, 0.05) is 56.1 Å². The molecule has 0 bridgehead atoms. The summed E-state index contributed by atoms with van der Waals surface area (Å²) in [6.45, 7) is 6.63. The quantitative estimate of drug-likeness (QED) is 0.132. The molecule has 2 aromatic heterocycles. The zero-order chi connectivity index (χ0) is 34.5. The molecule has 4 heteroatoms. The van der Waals surface area contributed by atoms with Crippen molar-refractivity contribution in [3.05, 3.63) is 181 Å². The minimum absolute atomic E-state index is 0.962. The Hall–Kier alpha value is -6.52. The molecule has 0 spiro atoms. The Morgan fingerprint density at radius 1 is 0.373 bits per heavy atom. The molecule has 0 N–H and O–H groups in total. The Balaban J connectivity index is 1.48. The van der Waals surface area contributed by atoms with E-state index in [9.17, 15) is 0 Å². The van der Waals surface area contributed by atoms with Gasteiger partial charge in [-0.05, 0) is 98.6 Å². The Labute approximate surface area is 297 Å². The highest BCUT2D eigenvalue weighted by atomic mass is 15.2. The van der Waals surface area contributed by atoms with Crippen molar-refractivity contribution < 1.29 is 0 Å². The van der Waals surface area contributed by atoms with E-state index in [2.05, 4.69) is 182 Å². The van der Waals surface area contributed by atoms with Gasteiger partial charge in [0.05, 0.1) is 33.8 Å². The SMILES string of the molecule is Cc1ccc2c(N(c3ccccc3)c3ccnc4ccccc34)c3cc(C)c(C)cc3c(N(c3ccccc3)c3ccnc4ccccc34)c2c1. The first kappa shape index (κ1) is 30.5. The van der Waals surface area contributed by atoms with Crippen molar-refractivity contribution in [2.24, 2.45) is 0 Å². The first-order valence-corrected chi connectivity index (χ1v) is 17.4. The first-order valence-electron chi connectivity index (χ1n) is 17.4. The van der Waals surface area contributed by atoms with Crippen LogP contribution in [-0.2, 0) is 0 Å². The molecule has 51 heavy (non-hydrogen) atoms. The van der Waals surface area contributed by atoms with Crippen molar-refractivity contribution in [3.63, 3.8) is 0 Å². The fourth-order valence-corrected chi connectivity index (χ4v) is 7.52. The zero-order valence-electron chi connectivity index (χ0n) is 28.9. The van der Waals surface area contributed by atoms with Crippen LogP contribution < -0.4 is 9.80 Å². The molecule has 0 fully saturated rings. The van der Waals surface area contributed by atoms with E-state index in [-0.39, 0.29) is 0 Å². The number of anilines is 6. The molecule has 244 valence electrons. The van der Waals surface area contributed by atoms with Crippen molar-refractivity contribution >= 4 is 77.5 Å². The minimum atomic E-state index is 0.962. The second-order valence-corrected chi connectivity index (χ2v) is 13.3. The first-order chi connectivity index (χ1) is 25.1. The Kier molecular flexibility index (Phi) is 7.44. The van der Waals surface area contributed by atoms with Gasteiger partial charge >= 0.3 is 0 Å². The monoisotopic (exact) mass is 656 g/mol. The highest BCUT2D eigenvalue weighted by Crippen LogP contribution is 2.52. The predicted molar refractivity (Wildman–Crippen MR) is 216 cm³/mol. The van der Waals surface area contributed by atoms with Crippen LogP contribution in [0.15, 0.2) is 164 Å². The van der Waals surface area contributed by atoms with Crippen molar-refractivity contribution in [1.82, 2.24) is 9.97 Å². The fourth-order valence-electron chi connectivity index (χ4n) is 7.52. The molecule has 9 aromatic rings. The summed E-state index contributed by atoms with van der Waals surface area (Å²) in [6.07, 6.45) is 3.86. The average molecular weight is 657 g/mol. The van der Waals surface area contributed by atoms with Crippen LogP contribution in [0.25, 0.3) is 43.4 Å². The summed E-state index contributed by atoms with van der Waals surface area (Å²) in [7, 11) is 0. The number of para-hydroxylation sites is 4. The molecule has 0 atom stereocenters. The second kappa shape index (κ2) is 12.4. The van der Waals surface area contributed by atoms with Crippen LogP contribution in [0.2, 0.25) is 0 Å². The van der Waals surface area contributed by atoms with Crippen LogP contribution in [0.1, 0.15) is 16.7 Å². The largest absolute Gasteiger partial charge is 0.309 e. The van der Waals surface area contributed by atoms with Crippen LogP contribution in [-0.4, -0.2) is 9.97 Å². The van der Waals surface area contributed by atoms with Crippen LogP contribution in [0.4, 0.5) is 34.1 Å². The van der Waals surface area contributed by atoms with Crippen molar-refractivity contribution in [1.29, 1.82) is 0 Å². The number of benzene rings is 7. The van der Waals surface area contributed by atoms with E-state index in [4.69, 9.17) is 9.97 Å². The van der Waals surface area contributed by atoms with Gasteiger partial charge in [-0.1, -0.05) is 90.5 Å². The number of nitrogens with zero attached hydrogens (tertiary/aromatic N) is 4. The van der Waals surface area contributed by atoms with E-state index in [0.717, 1.165) is 61.3 Å². The molecular weight excluding hydrogens is 621 g/mol. The van der Waals surface area contributed by atoms with Gasteiger partial charge in [0.15, 0.2) is 0 Å². The molecule has 0 unspecified atom stereocenters. The van der Waals surface area contributed by atoms with Crippen LogP contribution in [0.5, 0.6) is 0 Å². The van der Waals surface area contributed by atoms with E-state index in [0.29, 0.717) is 0 Å². The number of rotatable bonds is 6. The fraction of sp³-hybridized carbons (Fsp3) is 0.0638. The molecule has 7 aromatic carbocycles. The lowest BCUT2D eigenvalue weighted by Gasteiger charge is -2.34. The topological polar surface area (TPSA) is 32.3 Å². The number of hydrogen-bond donors (Lipinski definition) is 0. The molecule has 0 amide bonds. The van der Waals surface area contributed by atoms with Gasteiger partial charge in [-0.2, -0.15) is 0 Å². The van der Waals surface area contributed by atoms with Crippen molar-refractivity contribution in [2.45, 2.75) is 20.8 Å². The smallest absolute Gasteiger partial charge is 0.0723 e. The van der Waals surface area contributed by atoms with Gasteiger partial charge in [0.1, 0.15) is 0 Å². The third-order valence-corrected chi connectivity index (χ3v) is 10.0. The number of fused-ring (bicyclic) bond motifs is 4. The maximum atomic E-state index is 4.77.